The number of aliphatic hydroxyl groups is 2. The first kappa shape index (κ1) is 22.9. The summed E-state index contributed by atoms with van der Waals surface area (Å²) in [6.45, 7) is 5.56. The molecule has 0 bridgehead atoms. The molecule has 0 aliphatic carbocycles. The number of hydrogen-bond donors (Lipinski definition) is 3. The summed E-state index contributed by atoms with van der Waals surface area (Å²) < 4.78 is 33.6. The number of carbonyl (C=O) groups is 1. The van der Waals surface area contributed by atoms with E-state index in [1.165, 1.54) is 10.9 Å². The van der Waals surface area contributed by atoms with Gasteiger partial charge in [-0.1, -0.05) is 32.9 Å². The van der Waals surface area contributed by atoms with Gasteiger partial charge >= 0.3 is 0 Å². The summed E-state index contributed by atoms with van der Waals surface area (Å²) in [6, 6.07) is 7.16. The molecule has 3 aromatic rings. The molecule has 1 saturated heterocycles. The molecule has 1 fully saturated rings. The van der Waals surface area contributed by atoms with Crippen LogP contribution < -0.4 is 5.32 Å². The summed E-state index contributed by atoms with van der Waals surface area (Å²) in [5, 5.41) is 22.1. The first-order valence-corrected chi connectivity index (χ1v) is 10.2. The van der Waals surface area contributed by atoms with Crippen molar-refractivity contribution in [2.45, 2.75) is 44.6 Å². The van der Waals surface area contributed by atoms with Crippen LogP contribution in [-0.4, -0.2) is 54.5 Å². The Morgan fingerprint density at radius 1 is 1.18 bits per heavy atom. The Kier molecular flexibility index (Phi) is 5.95. The summed E-state index contributed by atoms with van der Waals surface area (Å²) >= 11 is 0. The van der Waals surface area contributed by atoms with Gasteiger partial charge in [-0.25, -0.2) is 15.0 Å². The molecule has 3 heterocycles. The maximum Gasteiger partial charge on any atom is 0.276 e. The van der Waals surface area contributed by atoms with Gasteiger partial charge in [0.2, 0.25) is 0 Å². The smallest absolute Gasteiger partial charge is 0.276 e. The van der Waals surface area contributed by atoms with Crippen LogP contribution in [0.4, 0.5) is 14.6 Å². The fraction of sp³-hybridized carbons (Fsp3) is 0.364. The van der Waals surface area contributed by atoms with E-state index in [2.05, 4.69) is 41.0 Å². The van der Waals surface area contributed by atoms with Gasteiger partial charge in [0.15, 0.2) is 23.2 Å². The van der Waals surface area contributed by atoms with Crippen molar-refractivity contribution in [3.05, 3.63) is 59.7 Å². The van der Waals surface area contributed by atoms with Crippen molar-refractivity contribution in [3.63, 3.8) is 0 Å². The summed E-state index contributed by atoms with van der Waals surface area (Å²) in [6.07, 6.45) is -4.08. The molecule has 1 aliphatic rings. The van der Waals surface area contributed by atoms with Crippen LogP contribution in [-0.2, 0) is 10.2 Å². The molecule has 1 aromatic carbocycles. The number of amides is 1. The van der Waals surface area contributed by atoms with Crippen LogP contribution in [0, 0.1) is 0 Å². The molecular weight excluding hydrogens is 436 g/mol. The highest BCUT2D eigenvalue weighted by molar-refractivity contribution is 6.06. The third-order valence-corrected chi connectivity index (χ3v) is 5.50. The van der Waals surface area contributed by atoms with Crippen molar-refractivity contribution in [2.75, 3.05) is 11.9 Å². The Balaban J connectivity index is 1.64. The van der Waals surface area contributed by atoms with Crippen molar-refractivity contribution >= 4 is 22.9 Å². The van der Waals surface area contributed by atoms with Crippen LogP contribution in [0.25, 0.3) is 11.2 Å². The molecule has 174 valence electrons. The number of anilines is 1. The molecule has 9 nitrogen and oxygen atoms in total. The first-order valence-electron chi connectivity index (χ1n) is 10.2. The van der Waals surface area contributed by atoms with E-state index < -0.39 is 42.6 Å². The number of aromatic nitrogens is 4. The van der Waals surface area contributed by atoms with E-state index in [0.29, 0.717) is 5.56 Å². The number of carbonyl (C=O) groups excluding carboxylic acids is 1. The predicted molar refractivity (Wildman–Crippen MR) is 115 cm³/mol. The lowest BCUT2D eigenvalue weighted by molar-refractivity contribution is -0.0423. The normalized spacial score (nSPS) is 20.9. The van der Waals surface area contributed by atoms with Crippen molar-refractivity contribution in [3.8, 4) is 0 Å². The minimum Gasteiger partial charge on any atom is -0.394 e. The Morgan fingerprint density at radius 2 is 1.88 bits per heavy atom. The molecule has 3 N–H and O–H groups in total. The van der Waals surface area contributed by atoms with Gasteiger partial charge in [0.1, 0.15) is 18.5 Å². The number of nitrogens with zero attached hydrogens (tertiary/aromatic N) is 4. The Labute approximate surface area is 187 Å². The molecule has 0 saturated carbocycles. The third kappa shape index (κ3) is 4.22. The molecule has 0 unspecified atom stereocenters. The first-order chi connectivity index (χ1) is 15.6. The second-order valence-corrected chi connectivity index (χ2v) is 8.70. The summed E-state index contributed by atoms with van der Waals surface area (Å²) in [5.41, 5.74) is 1.01. The summed E-state index contributed by atoms with van der Waals surface area (Å²) in [7, 11) is 0. The largest absolute Gasteiger partial charge is 0.394 e. The quantitative estimate of drug-likeness (QED) is 0.548. The molecule has 0 spiro atoms. The van der Waals surface area contributed by atoms with Crippen molar-refractivity contribution in [2.24, 2.45) is 0 Å². The van der Waals surface area contributed by atoms with Crippen molar-refractivity contribution in [1.82, 2.24) is 19.5 Å². The molecule has 1 aliphatic heterocycles. The maximum absolute atomic E-state index is 13.5. The Morgan fingerprint density at radius 3 is 2.48 bits per heavy atom. The number of rotatable bonds is 4. The second kappa shape index (κ2) is 8.58. The van der Waals surface area contributed by atoms with Crippen LogP contribution in [0.5, 0.6) is 0 Å². The van der Waals surface area contributed by atoms with Gasteiger partial charge in [0, 0.05) is 5.56 Å². The number of hydrogen-bond acceptors (Lipinski definition) is 7. The van der Waals surface area contributed by atoms with E-state index in [1.807, 2.05) is 12.1 Å². The van der Waals surface area contributed by atoms with Crippen LogP contribution >= 0.6 is 0 Å². The van der Waals surface area contributed by atoms with Crippen LogP contribution in [0.2, 0.25) is 0 Å². The van der Waals surface area contributed by atoms with Crippen molar-refractivity contribution in [1.29, 1.82) is 0 Å². The topological polar surface area (TPSA) is 122 Å². The maximum atomic E-state index is 13.5. The fourth-order valence-electron chi connectivity index (χ4n) is 3.64. The monoisotopic (exact) mass is 459 g/mol. The number of aliphatic hydroxyl groups excluding tert-OH is 2. The highest BCUT2D eigenvalue weighted by Gasteiger charge is 2.43. The van der Waals surface area contributed by atoms with Crippen LogP contribution in [0.1, 0.15) is 42.9 Å². The number of fused-ring (bicyclic) bond motifs is 1. The van der Waals surface area contributed by atoms with E-state index >= 15 is 0 Å². The minimum atomic E-state index is -2.12. The van der Waals surface area contributed by atoms with Crippen LogP contribution in [0.3, 0.4) is 0 Å². The SMILES string of the molecule is CC(C)(C)c1ccc(C(=O)Nc2ncnc3c2ncn3[C@@H]2O[C@H](CO)[C@@H](O)C2=C(F)F)cc1. The number of imidazole rings is 1. The van der Waals surface area contributed by atoms with Crippen molar-refractivity contribution < 1.29 is 28.5 Å². The second-order valence-electron chi connectivity index (χ2n) is 8.70. The molecular formula is C22H23F2N5O4. The van der Waals surface area contributed by atoms with Gasteiger partial charge < -0.3 is 20.3 Å². The van der Waals surface area contributed by atoms with Gasteiger partial charge in [-0.15, -0.1) is 0 Å². The van der Waals surface area contributed by atoms with E-state index in [9.17, 15) is 23.8 Å². The highest BCUT2D eigenvalue weighted by Crippen LogP contribution is 2.38. The molecule has 2 aromatic heterocycles. The third-order valence-electron chi connectivity index (χ3n) is 5.50. The van der Waals surface area contributed by atoms with Gasteiger partial charge in [0.05, 0.1) is 18.5 Å². The van der Waals surface area contributed by atoms with E-state index in [4.69, 9.17) is 4.74 Å². The van der Waals surface area contributed by atoms with Gasteiger partial charge in [-0.2, -0.15) is 8.78 Å². The number of nitrogens with one attached hydrogen (secondary N) is 1. The average molecular weight is 459 g/mol. The fourth-order valence-corrected chi connectivity index (χ4v) is 3.64. The Hall–Kier alpha value is -3.28. The molecule has 0 radical (unpaired) electrons. The number of halogens is 2. The van der Waals surface area contributed by atoms with Gasteiger partial charge in [-0.3, -0.25) is 9.36 Å². The summed E-state index contributed by atoms with van der Waals surface area (Å²) in [4.78, 5) is 25.0. The highest BCUT2D eigenvalue weighted by atomic mass is 19.3. The number of benzene rings is 1. The number of ether oxygens (including phenoxy) is 1. The summed E-state index contributed by atoms with van der Waals surface area (Å²) in [5.74, 6) is -0.333. The predicted octanol–water partition coefficient (Wildman–Crippen LogP) is 2.78. The zero-order chi connectivity index (χ0) is 23.9. The molecule has 4 rings (SSSR count). The van der Waals surface area contributed by atoms with E-state index in [-0.39, 0.29) is 22.4 Å². The molecule has 1 amide bonds. The van der Waals surface area contributed by atoms with Gasteiger partial charge in [0.25, 0.3) is 12.0 Å². The Bertz CT molecular complexity index is 1220. The molecule has 33 heavy (non-hydrogen) atoms. The zero-order valence-electron chi connectivity index (χ0n) is 18.2. The average Bonchev–Trinajstić information content (AvgIpc) is 3.34. The van der Waals surface area contributed by atoms with E-state index in [1.54, 1.807) is 12.1 Å². The standard InChI is InChI=1S/C22H23F2N5O4/c1-22(2,3)12-6-4-11(5-7-12)20(32)28-18-15-19(26-9-25-18)29(10-27-15)21-14(17(23)24)16(31)13(8-30)33-21/h4-7,9-10,13,16,21,30-31H,8H2,1-3H3,(H,25,26,28,32)/t13-,16-,21-/m1/s1. The molecule has 11 heteroatoms. The lowest BCUT2D eigenvalue weighted by atomic mass is 9.87. The lowest BCUT2D eigenvalue weighted by Gasteiger charge is -2.19. The minimum absolute atomic E-state index is 0.0576. The van der Waals surface area contributed by atoms with E-state index in [0.717, 1.165) is 11.9 Å². The lowest BCUT2D eigenvalue weighted by Crippen LogP contribution is -2.25. The van der Waals surface area contributed by atoms with Gasteiger partial charge in [-0.05, 0) is 23.1 Å². The molecule has 3 atom stereocenters. The van der Waals surface area contributed by atoms with Crippen LogP contribution in [0.15, 0.2) is 48.6 Å². The zero-order valence-corrected chi connectivity index (χ0v) is 18.2.